The molecule has 7 heteroatoms. The number of hydrogen-bond acceptors (Lipinski definition) is 6. The third kappa shape index (κ3) is 2.87. The van der Waals surface area contributed by atoms with E-state index in [-0.39, 0.29) is 12.5 Å². The first-order valence-electron chi connectivity index (χ1n) is 8.18. The number of hydrogen-bond donors (Lipinski definition) is 1. The van der Waals surface area contributed by atoms with E-state index in [0.717, 1.165) is 29.3 Å². The summed E-state index contributed by atoms with van der Waals surface area (Å²) in [4.78, 5) is 4.65. The zero-order valence-electron chi connectivity index (χ0n) is 13.9. The molecule has 7 nitrogen and oxygen atoms in total. The van der Waals surface area contributed by atoms with Crippen LogP contribution >= 0.6 is 0 Å². The smallest absolute Gasteiger partial charge is 0.217 e. The van der Waals surface area contributed by atoms with Gasteiger partial charge in [-0.05, 0) is 30.2 Å². The molecule has 3 heterocycles. The molecule has 1 aromatic carbocycles. The first-order valence-corrected chi connectivity index (χ1v) is 8.18. The molecule has 1 N–H and O–H groups in total. The Balaban J connectivity index is 1.67. The van der Waals surface area contributed by atoms with E-state index in [0.29, 0.717) is 24.7 Å². The fraction of sp³-hybridized carbons (Fsp3) is 0.333. The summed E-state index contributed by atoms with van der Waals surface area (Å²) in [6, 6.07) is 9.50. The molecule has 0 unspecified atom stereocenters. The molecule has 0 amide bonds. The predicted octanol–water partition coefficient (Wildman–Crippen LogP) is 2.26. The Morgan fingerprint density at radius 2 is 2.24 bits per heavy atom. The molecular weight excluding hydrogens is 322 g/mol. The number of aromatic nitrogens is 3. The molecule has 2 aromatic heterocycles. The van der Waals surface area contributed by atoms with Crippen molar-refractivity contribution in [3.63, 3.8) is 0 Å². The molecule has 0 spiro atoms. The molecule has 0 saturated heterocycles. The van der Waals surface area contributed by atoms with E-state index in [4.69, 9.17) is 13.9 Å². The van der Waals surface area contributed by atoms with Gasteiger partial charge in [-0.3, -0.25) is 0 Å². The lowest BCUT2D eigenvalue weighted by molar-refractivity contribution is 0.232. The first-order chi connectivity index (χ1) is 12.3. The summed E-state index contributed by atoms with van der Waals surface area (Å²) in [6.07, 6.45) is 2.36. The highest BCUT2D eigenvalue weighted by Crippen LogP contribution is 2.38. The second-order valence-corrected chi connectivity index (χ2v) is 5.88. The van der Waals surface area contributed by atoms with E-state index in [2.05, 4.69) is 10.1 Å². The molecule has 0 bridgehead atoms. The summed E-state index contributed by atoms with van der Waals surface area (Å²) in [5.74, 6) is 3.49. The largest absolute Gasteiger partial charge is 0.493 e. The lowest BCUT2D eigenvalue weighted by Gasteiger charge is -2.26. The lowest BCUT2D eigenvalue weighted by atomic mass is 9.95. The molecule has 130 valence electrons. The number of para-hydroxylation sites is 1. The minimum absolute atomic E-state index is 0.00799. The average Bonchev–Trinajstić information content (AvgIpc) is 3.30. The average molecular weight is 341 g/mol. The van der Waals surface area contributed by atoms with Crippen LogP contribution in [-0.2, 0) is 13.0 Å². The summed E-state index contributed by atoms with van der Waals surface area (Å²) in [5.41, 5.74) is 1.08. The maximum atomic E-state index is 9.35. The maximum Gasteiger partial charge on any atom is 0.217 e. The molecule has 1 aliphatic rings. The Labute approximate surface area is 144 Å². The quantitative estimate of drug-likeness (QED) is 0.766. The molecule has 0 aliphatic carbocycles. The first kappa shape index (κ1) is 15.7. The van der Waals surface area contributed by atoms with Gasteiger partial charge in [0.25, 0.3) is 0 Å². The zero-order chi connectivity index (χ0) is 17.2. The van der Waals surface area contributed by atoms with Crippen LogP contribution in [0, 0.1) is 0 Å². The van der Waals surface area contributed by atoms with Gasteiger partial charge >= 0.3 is 0 Å². The molecule has 4 rings (SSSR count). The highest BCUT2D eigenvalue weighted by Gasteiger charge is 2.28. The molecule has 25 heavy (non-hydrogen) atoms. The van der Waals surface area contributed by atoms with Crippen molar-refractivity contribution >= 4 is 0 Å². The van der Waals surface area contributed by atoms with Gasteiger partial charge in [-0.1, -0.05) is 12.1 Å². The van der Waals surface area contributed by atoms with Gasteiger partial charge < -0.3 is 19.0 Å². The van der Waals surface area contributed by atoms with Crippen LogP contribution in [0.15, 0.2) is 41.0 Å². The topological polar surface area (TPSA) is 82.5 Å². The predicted molar refractivity (Wildman–Crippen MR) is 89.7 cm³/mol. The SMILES string of the molecule is COc1cccc2c1OC[C@@H](c1nc(-c3ccco3)nn1CCO)C2. The van der Waals surface area contributed by atoms with Gasteiger partial charge in [0.2, 0.25) is 5.82 Å². The van der Waals surface area contributed by atoms with Gasteiger partial charge in [-0.2, -0.15) is 0 Å². The zero-order valence-corrected chi connectivity index (χ0v) is 13.9. The van der Waals surface area contributed by atoms with Crippen molar-refractivity contribution in [3.8, 4) is 23.1 Å². The molecule has 0 saturated carbocycles. The number of aliphatic hydroxyl groups is 1. The lowest BCUT2D eigenvalue weighted by Crippen LogP contribution is -2.23. The summed E-state index contributed by atoms with van der Waals surface area (Å²) in [6.45, 7) is 0.853. The second-order valence-electron chi connectivity index (χ2n) is 5.88. The van der Waals surface area contributed by atoms with Crippen LogP contribution in [0.5, 0.6) is 11.5 Å². The number of rotatable bonds is 5. The third-order valence-corrected chi connectivity index (χ3v) is 4.29. The minimum atomic E-state index is -0.00799. The molecule has 1 aliphatic heterocycles. The fourth-order valence-electron chi connectivity index (χ4n) is 3.15. The Bertz CT molecular complexity index is 857. The third-order valence-electron chi connectivity index (χ3n) is 4.29. The number of fused-ring (bicyclic) bond motifs is 1. The van der Waals surface area contributed by atoms with Crippen LogP contribution in [0.1, 0.15) is 17.3 Å². The van der Waals surface area contributed by atoms with E-state index in [1.165, 1.54) is 0 Å². The van der Waals surface area contributed by atoms with Crippen molar-refractivity contribution in [2.75, 3.05) is 20.3 Å². The number of nitrogens with zero attached hydrogens (tertiary/aromatic N) is 3. The van der Waals surface area contributed by atoms with Gasteiger partial charge in [-0.25, -0.2) is 9.67 Å². The van der Waals surface area contributed by atoms with Crippen molar-refractivity contribution < 1.29 is 19.0 Å². The molecule has 1 atom stereocenters. The van der Waals surface area contributed by atoms with E-state index in [9.17, 15) is 5.11 Å². The van der Waals surface area contributed by atoms with Crippen molar-refractivity contribution in [1.82, 2.24) is 14.8 Å². The summed E-state index contributed by atoms with van der Waals surface area (Å²) >= 11 is 0. The standard InChI is InChI=1S/C18H19N3O4/c1-23-14-5-2-4-12-10-13(11-25-16(12)14)18-19-17(15-6-3-9-24-15)20-21(18)7-8-22/h2-6,9,13,22H,7-8,10-11H2,1H3/t13-/m0/s1. The molecule has 3 aromatic rings. The van der Waals surface area contributed by atoms with Crippen LogP contribution in [0.2, 0.25) is 0 Å². The maximum absolute atomic E-state index is 9.35. The Morgan fingerprint density at radius 3 is 3.00 bits per heavy atom. The van der Waals surface area contributed by atoms with Crippen LogP contribution in [0.25, 0.3) is 11.6 Å². The van der Waals surface area contributed by atoms with E-state index in [1.807, 2.05) is 24.3 Å². The molecule has 0 fully saturated rings. The van der Waals surface area contributed by atoms with Gasteiger partial charge in [0.1, 0.15) is 5.82 Å². The van der Waals surface area contributed by atoms with Crippen molar-refractivity contribution in [2.45, 2.75) is 18.9 Å². The van der Waals surface area contributed by atoms with Gasteiger partial charge in [0.15, 0.2) is 17.3 Å². The van der Waals surface area contributed by atoms with Crippen LogP contribution in [0.4, 0.5) is 0 Å². The van der Waals surface area contributed by atoms with E-state index in [1.54, 1.807) is 24.1 Å². The Kier molecular flexibility index (Phi) is 4.15. The van der Waals surface area contributed by atoms with Gasteiger partial charge in [-0.15, -0.1) is 5.10 Å². The summed E-state index contributed by atoms with van der Waals surface area (Å²) in [7, 11) is 1.64. The number of aliphatic hydroxyl groups excluding tert-OH is 1. The van der Waals surface area contributed by atoms with Crippen molar-refractivity contribution in [2.24, 2.45) is 0 Å². The van der Waals surface area contributed by atoms with Crippen LogP contribution < -0.4 is 9.47 Å². The van der Waals surface area contributed by atoms with Crippen molar-refractivity contribution in [3.05, 3.63) is 48.0 Å². The number of furan rings is 1. The van der Waals surface area contributed by atoms with Crippen LogP contribution in [0.3, 0.4) is 0 Å². The molecular formula is C18H19N3O4. The normalized spacial score (nSPS) is 16.3. The summed E-state index contributed by atoms with van der Waals surface area (Å²) < 4.78 is 18.4. The fourth-order valence-corrected chi connectivity index (χ4v) is 3.15. The van der Waals surface area contributed by atoms with Crippen molar-refractivity contribution in [1.29, 1.82) is 0 Å². The highest BCUT2D eigenvalue weighted by atomic mass is 16.5. The highest BCUT2D eigenvalue weighted by molar-refractivity contribution is 5.49. The van der Waals surface area contributed by atoms with E-state index < -0.39 is 0 Å². The summed E-state index contributed by atoms with van der Waals surface area (Å²) in [5, 5.41) is 13.8. The molecule has 0 radical (unpaired) electrons. The van der Waals surface area contributed by atoms with Gasteiger partial charge in [0.05, 0.1) is 39.0 Å². The second kappa shape index (κ2) is 6.60. The monoisotopic (exact) mass is 341 g/mol. The number of methoxy groups -OCH3 is 1. The minimum Gasteiger partial charge on any atom is -0.493 e. The number of ether oxygens (including phenoxy) is 2. The Hall–Kier alpha value is -2.80. The Morgan fingerprint density at radius 1 is 1.32 bits per heavy atom. The van der Waals surface area contributed by atoms with E-state index >= 15 is 0 Å². The number of benzene rings is 1. The van der Waals surface area contributed by atoms with Crippen LogP contribution in [-0.4, -0.2) is 40.2 Å². The van der Waals surface area contributed by atoms with Gasteiger partial charge in [0, 0.05) is 0 Å².